The third kappa shape index (κ3) is 4.04. The summed E-state index contributed by atoms with van der Waals surface area (Å²) in [6.07, 6.45) is 3.87. The van der Waals surface area contributed by atoms with Gasteiger partial charge in [-0.3, -0.25) is 4.90 Å². The van der Waals surface area contributed by atoms with Crippen molar-refractivity contribution >= 4 is 0 Å². The van der Waals surface area contributed by atoms with Crippen LogP contribution in [0.25, 0.3) is 0 Å². The lowest BCUT2D eigenvalue weighted by atomic mass is 9.99. The Morgan fingerprint density at radius 1 is 1.44 bits per heavy atom. The summed E-state index contributed by atoms with van der Waals surface area (Å²) >= 11 is 0. The van der Waals surface area contributed by atoms with Gasteiger partial charge in [0.15, 0.2) is 0 Å². The van der Waals surface area contributed by atoms with E-state index >= 15 is 0 Å². The summed E-state index contributed by atoms with van der Waals surface area (Å²) in [5.41, 5.74) is 6.25. The minimum atomic E-state index is 0.341. The van der Waals surface area contributed by atoms with Crippen molar-refractivity contribution < 1.29 is 0 Å². The highest BCUT2D eigenvalue weighted by Gasteiger charge is 2.27. The topological polar surface area (TPSA) is 32.5 Å². The third-order valence-corrected chi connectivity index (χ3v) is 3.90. The van der Waals surface area contributed by atoms with Crippen LogP contribution < -0.4 is 5.73 Å². The van der Waals surface area contributed by atoms with Crippen LogP contribution in [0.4, 0.5) is 0 Å². The van der Waals surface area contributed by atoms with Gasteiger partial charge in [0.05, 0.1) is 0 Å². The van der Waals surface area contributed by atoms with Crippen molar-refractivity contribution in [1.29, 1.82) is 0 Å². The van der Waals surface area contributed by atoms with E-state index in [1.54, 1.807) is 0 Å². The molecule has 3 heteroatoms. The lowest BCUT2D eigenvalue weighted by Gasteiger charge is -2.31. The molecule has 0 radical (unpaired) electrons. The highest BCUT2D eigenvalue weighted by Crippen LogP contribution is 2.19. The highest BCUT2D eigenvalue weighted by atomic mass is 15.2. The Hall–Kier alpha value is -0.120. The van der Waals surface area contributed by atoms with Gasteiger partial charge in [-0.05, 0) is 39.4 Å². The van der Waals surface area contributed by atoms with Crippen molar-refractivity contribution in [2.75, 3.05) is 33.7 Å². The molecule has 0 bridgehead atoms. The molecule has 1 heterocycles. The molecule has 0 spiro atoms. The van der Waals surface area contributed by atoms with Crippen molar-refractivity contribution in [3.63, 3.8) is 0 Å². The minimum absolute atomic E-state index is 0.341. The maximum Gasteiger partial charge on any atom is 0.0224 e. The maximum absolute atomic E-state index is 6.25. The van der Waals surface area contributed by atoms with Crippen LogP contribution in [0, 0.1) is 5.92 Å². The van der Waals surface area contributed by atoms with E-state index in [1.165, 1.54) is 32.4 Å². The first-order chi connectivity index (χ1) is 7.54. The van der Waals surface area contributed by atoms with Crippen LogP contribution in [0.2, 0.25) is 0 Å². The van der Waals surface area contributed by atoms with Gasteiger partial charge >= 0.3 is 0 Å². The van der Waals surface area contributed by atoms with Crippen molar-refractivity contribution in [3.8, 4) is 0 Å². The zero-order valence-corrected chi connectivity index (χ0v) is 11.4. The van der Waals surface area contributed by atoms with Crippen LogP contribution in [0.15, 0.2) is 0 Å². The maximum atomic E-state index is 6.25. The predicted octanol–water partition coefficient (Wildman–Crippen LogP) is 1.39. The summed E-state index contributed by atoms with van der Waals surface area (Å²) in [5, 5.41) is 0. The standard InChI is InChI=1S/C13H29N3/c1-5-11(2)13(14)10-16-8-6-7-12(16)9-15(3)4/h11-13H,5-10,14H2,1-4H3. The second-order valence-electron chi connectivity index (χ2n) is 5.60. The van der Waals surface area contributed by atoms with Gasteiger partial charge in [0.2, 0.25) is 0 Å². The van der Waals surface area contributed by atoms with E-state index in [1.807, 2.05) is 0 Å². The first kappa shape index (κ1) is 13.9. The molecule has 2 N–H and O–H groups in total. The van der Waals surface area contributed by atoms with Gasteiger partial charge in [0.1, 0.15) is 0 Å². The van der Waals surface area contributed by atoms with Crippen LogP contribution in [-0.2, 0) is 0 Å². The molecular formula is C13H29N3. The average molecular weight is 227 g/mol. The van der Waals surface area contributed by atoms with E-state index < -0.39 is 0 Å². The molecule has 0 aromatic carbocycles. The number of likely N-dealkylation sites (tertiary alicyclic amines) is 1. The molecule has 16 heavy (non-hydrogen) atoms. The molecule has 3 atom stereocenters. The van der Waals surface area contributed by atoms with Crippen LogP contribution in [0.3, 0.4) is 0 Å². The molecule has 0 saturated carbocycles. The minimum Gasteiger partial charge on any atom is -0.326 e. The Kier molecular flexibility index (Phi) is 5.73. The number of hydrogen-bond acceptors (Lipinski definition) is 3. The molecule has 3 unspecified atom stereocenters. The van der Waals surface area contributed by atoms with Crippen LogP contribution in [-0.4, -0.2) is 55.6 Å². The van der Waals surface area contributed by atoms with Gasteiger partial charge in [-0.25, -0.2) is 0 Å². The van der Waals surface area contributed by atoms with Crippen LogP contribution >= 0.6 is 0 Å². The summed E-state index contributed by atoms with van der Waals surface area (Å²) in [7, 11) is 4.32. The van der Waals surface area contributed by atoms with Crippen LogP contribution in [0.1, 0.15) is 33.1 Å². The van der Waals surface area contributed by atoms with E-state index in [0.717, 1.165) is 12.6 Å². The average Bonchev–Trinajstić information content (AvgIpc) is 2.63. The lowest BCUT2D eigenvalue weighted by Crippen LogP contribution is -2.46. The highest BCUT2D eigenvalue weighted by molar-refractivity contribution is 4.84. The number of rotatable bonds is 6. The second-order valence-corrected chi connectivity index (χ2v) is 5.60. The summed E-state index contributed by atoms with van der Waals surface area (Å²) < 4.78 is 0. The van der Waals surface area contributed by atoms with Crippen molar-refractivity contribution in [2.24, 2.45) is 11.7 Å². The van der Waals surface area contributed by atoms with E-state index in [4.69, 9.17) is 5.73 Å². The lowest BCUT2D eigenvalue weighted by molar-refractivity contribution is 0.184. The third-order valence-electron chi connectivity index (χ3n) is 3.90. The molecule has 1 saturated heterocycles. The monoisotopic (exact) mass is 227 g/mol. The Balaban J connectivity index is 2.40. The zero-order chi connectivity index (χ0) is 12.1. The van der Waals surface area contributed by atoms with Crippen molar-refractivity contribution in [2.45, 2.75) is 45.2 Å². The van der Waals surface area contributed by atoms with Crippen molar-refractivity contribution in [1.82, 2.24) is 9.80 Å². The molecule has 0 amide bonds. The fourth-order valence-electron chi connectivity index (χ4n) is 2.52. The van der Waals surface area contributed by atoms with E-state index in [0.29, 0.717) is 12.0 Å². The van der Waals surface area contributed by atoms with Gasteiger partial charge < -0.3 is 10.6 Å². The summed E-state index contributed by atoms with van der Waals surface area (Å²) in [6.45, 7) is 7.98. The molecule has 3 nitrogen and oxygen atoms in total. The molecule has 0 aromatic heterocycles. The summed E-state index contributed by atoms with van der Waals surface area (Å²) in [4.78, 5) is 4.88. The first-order valence-corrected chi connectivity index (χ1v) is 6.69. The fraction of sp³-hybridized carbons (Fsp3) is 1.00. The van der Waals surface area contributed by atoms with E-state index in [-0.39, 0.29) is 0 Å². The molecule has 1 aliphatic heterocycles. The van der Waals surface area contributed by atoms with Crippen LogP contribution in [0.5, 0.6) is 0 Å². The fourth-order valence-corrected chi connectivity index (χ4v) is 2.52. The van der Waals surface area contributed by atoms with Gasteiger partial charge in [-0.2, -0.15) is 0 Å². The molecule has 0 aromatic rings. The van der Waals surface area contributed by atoms with Crippen molar-refractivity contribution in [3.05, 3.63) is 0 Å². The Bertz CT molecular complexity index is 194. The number of nitrogens with zero attached hydrogens (tertiary/aromatic N) is 2. The Morgan fingerprint density at radius 2 is 2.12 bits per heavy atom. The number of nitrogens with two attached hydrogens (primary N) is 1. The Morgan fingerprint density at radius 3 is 2.69 bits per heavy atom. The summed E-state index contributed by atoms with van der Waals surface area (Å²) in [6, 6.07) is 1.07. The molecular weight excluding hydrogens is 198 g/mol. The molecule has 1 rings (SSSR count). The Labute approximate surface area is 101 Å². The number of likely N-dealkylation sites (N-methyl/N-ethyl adjacent to an activating group) is 1. The van der Waals surface area contributed by atoms with Gasteiger partial charge in [0, 0.05) is 25.2 Å². The SMILES string of the molecule is CCC(C)C(N)CN1CCCC1CN(C)C. The molecule has 96 valence electrons. The van der Waals surface area contributed by atoms with Gasteiger partial charge in [0.25, 0.3) is 0 Å². The van der Waals surface area contributed by atoms with E-state index in [9.17, 15) is 0 Å². The zero-order valence-electron chi connectivity index (χ0n) is 11.4. The number of hydrogen-bond donors (Lipinski definition) is 1. The van der Waals surface area contributed by atoms with E-state index in [2.05, 4.69) is 37.7 Å². The largest absolute Gasteiger partial charge is 0.326 e. The second kappa shape index (κ2) is 6.58. The molecule has 0 aliphatic carbocycles. The smallest absolute Gasteiger partial charge is 0.0224 e. The predicted molar refractivity (Wildman–Crippen MR) is 70.6 cm³/mol. The quantitative estimate of drug-likeness (QED) is 0.744. The van der Waals surface area contributed by atoms with Gasteiger partial charge in [-0.1, -0.05) is 20.3 Å². The molecule has 1 aliphatic rings. The van der Waals surface area contributed by atoms with Gasteiger partial charge in [-0.15, -0.1) is 0 Å². The normalized spacial score (nSPS) is 26.2. The summed E-state index contributed by atoms with van der Waals surface area (Å²) in [5.74, 6) is 0.639. The molecule has 1 fully saturated rings. The first-order valence-electron chi connectivity index (χ1n) is 6.69.